The molecular weight excluding hydrogens is 262 g/mol. The van der Waals surface area contributed by atoms with E-state index < -0.39 is 35.9 Å². The first-order chi connectivity index (χ1) is 9.00. The number of amides is 1. The van der Waals surface area contributed by atoms with Crippen LogP contribution in [0.3, 0.4) is 0 Å². The normalized spacial score (nSPS) is 33.0. The lowest BCUT2D eigenvalue weighted by Crippen LogP contribution is -2.57. The number of likely N-dealkylation sites (tertiary alicyclic amines) is 1. The second-order valence-electron chi connectivity index (χ2n) is 6.70. The van der Waals surface area contributed by atoms with Crippen LogP contribution in [-0.2, 0) is 14.2 Å². The fraction of sp³-hybridized carbons (Fsp3) is 0.786. The van der Waals surface area contributed by atoms with Gasteiger partial charge < -0.3 is 19.3 Å². The van der Waals surface area contributed by atoms with Crippen molar-refractivity contribution in [1.82, 2.24) is 4.90 Å². The Balaban J connectivity index is 2.15. The Hall–Kier alpha value is -1.11. The molecule has 1 N–H and O–H groups in total. The van der Waals surface area contributed by atoms with Crippen molar-refractivity contribution in [2.45, 2.75) is 64.4 Å². The minimum atomic E-state index is -1.11. The molecular formula is C14H23NO5. The summed E-state index contributed by atoms with van der Waals surface area (Å²) in [6.07, 6.45) is -2.74. The molecule has 6 nitrogen and oxygen atoms in total. The lowest BCUT2D eigenvalue weighted by molar-refractivity contribution is -0.164. The van der Waals surface area contributed by atoms with Crippen LogP contribution in [0.5, 0.6) is 0 Å². The van der Waals surface area contributed by atoms with Gasteiger partial charge in [0, 0.05) is 6.54 Å². The maximum atomic E-state index is 12.1. The van der Waals surface area contributed by atoms with Gasteiger partial charge in [-0.2, -0.15) is 0 Å². The van der Waals surface area contributed by atoms with Crippen LogP contribution in [0.25, 0.3) is 0 Å². The Morgan fingerprint density at radius 1 is 1.45 bits per heavy atom. The first-order valence-corrected chi connectivity index (χ1v) is 6.71. The molecule has 0 spiro atoms. The third kappa shape index (κ3) is 2.97. The van der Waals surface area contributed by atoms with Gasteiger partial charge in [-0.15, -0.1) is 0 Å². The summed E-state index contributed by atoms with van der Waals surface area (Å²) >= 11 is 0. The van der Waals surface area contributed by atoms with Gasteiger partial charge in [-0.1, -0.05) is 6.58 Å². The zero-order valence-electron chi connectivity index (χ0n) is 12.7. The Morgan fingerprint density at radius 3 is 2.60 bits per heavy atom. The van der Waals surface area contributed by atoms with E-state index in [1.807, 2.05) is 0 Å². The van der Waals surface area contributed by atoms with Crippen molar-refractivity contribution in [3.05, 3.63) is 12.2 Å². The maximum Gasteiger partial charge on any atom is 0.412 e. The zero-order valence-corrected chi connectivity index (χ0v) is 12.7. The van der Waals surface area contributed by atoms with Crippen molar-refractivity contribution < 1.29 is 24.1 Å². The predicted molar refractivity (Wildman–Crippen MR) is 71.9 cm³/mol. The van der Waals surface area contributed by atoms with E-state index in [9.17, 15) is 9.90 Å². The Kier molecular flexibility index (Phi) is 3.60. The summed E-state index contributed by atoms with van der Waals surface area (Å²) in [5.74, 6) is -0.802. The van der Waals surface area contributed by atoms with E-state index in [-0.39, 0.29) is 6.54 Å². The van der Waals surface area contributed by atoms with Crippen molar-refractivity contribution in [2.75, 3.05) is 6.54 Å². The number of hydrogen-bond acceptors (Lipinski definition) is 5. The van der Waals surface area contributed by atoms with Crippen LogP contribution >= 0.6 is 0 Å². The molecule has 0 bridgehead atoms. The van der Waals surface area contributed by atoms with E-state index >= 15 is 0 Å². The largest absolute Gasteiger partial charge is 0.444 e. The Labute approximate surface area is 119 Å². The average Bonchev–Trinajstić information content (AvgIpc) is 2.57. The first kappa shape index (κ1) is 15.3. The number of aliphatic hydroxyl groups is 1. The summed E-state index contributed by atoms with van der Waals surface area (Å²) in [6, 6.07) is 0. The topological polar surface area (TPSA) is 68.2 Å². The molecule has 0 aliphatic carbocycles. The molecule has 3 atom stereocenters. The number of piperidine rings is 1. The molecule has 114 valence electrons. The minimum Gasteiger partial charge on any atom is -0.444 e. The number of carbonyl (C=O) groups excluding carboxylic acids is 1. The zero-order chi connectivity index (χ0) is 15.3. The number of ether oxygens (including phenoxy) is 3. The molecule has 0 aromatic heterocycles. The molecule has 0 aromatic carbocycles. The highest BCUT2D eigenvalue weighted by Crippen LogP contribution is 2.37. The van der Waals surface area contributed by atoms with Crippen LogP contribution in [0.1, 0.15) is 34.6 Å². The Morgan fingerprint density at radius 2 is 2.05 bits per heavy atom. The summed E-state index contributed by atoms with van der Waals surface area (Å²) in [5, 5.41) is 10.3. The fourth-order valence-corrected chi connectivity index (χ4v) is 2.40. The number of nitrogens with zero attached hydrogens (tertiary/aromatic N) is 1. The highest BCUT2D eigenvalue weighted by molar-refractivity contribution is 5.69. The van der Waals surface area contributed by atoms with E-state index in [0.717, 1.165) is 0 Å². The second-order valence-corrected chi connectivity index (χ2v) is 6.70. The van der Waals surface area contributed by atoms with Gasteiger partial charge in [0.2, 0.25) is 0 Å². The van der Waals surface area contributed by atoms with E-state index in [1.54, 1.807) is 34.6 Å². The molecule has 2 aliphatic heterocycles. The molecule has 6 heteroatoms. The van der Waals surface area contributed by atoms with Gasteiger partial charge in [0.25, 0.3) is 0 Å². The van der Waals surface area contributed by atoms with Crippen LogP contribution in [0.15, 0.2) is 12.2 Å². The van der Waals surface area contributed by atoms with Crippen LogP contribution in [0, 0.1) is 0 Å². The average molecular weight is 285 g/mol. The van der Waals surface area contributed by atoms with Crippen molar-refractivity contribution in [3.8, 4) is 0 Å². The predicted octanol–water partition coefficient (Wildman–Crippen LogP) is 1.63. The van der Waals surface area contributed by atoms with Crippen LogP contribution in [-0.4, -0.2) is 52.5 Å². The molecule has 2 saturated heterocycles. The molecule has 2 rings (SSSR count). The van der Waals surface area contributed by atoms with E-state index in [0.29, 0.717) is 5.57 Å². The van der Waals surface area contributed by atoms with Gasteiger partial charge in [-0.05, 0) is 40.2 Å². The van der Waals surface area contributed by atoms with Gasteiger partial charge in [-0.25, -0.2) is 4.79 Å². The number of fused-ring (bicyclic) bond motifs is 1. The van der Waals surface area contributed by atoms with E-state index in [4.69, 9.17) is 14.2 Å². The second kappa shape index (κ2) is 4.72. The first-order valence-electron chi connectivity index (χ1n) is 6.71. The van der Waals surface area contributed by atoms with Crippen LogP contribution in [0.4, 0.5) is 4.79 Å². The van der Waals surface area contributed by atoms with Gasteiger partial charge in [0.15, 0.2) is 12.0 Å². The highest BCUT2D eigenvalue weighted by atomic mass is 16.8. The molecule has 0 saturated carbocycles. The number of rotatable bonds is 0. The maximum absolute atomic E-state index is 12.1. The Bertz CT molecular complexity index is 426. The van der Waals surface area contributed by atoms with Crippen LogP contribution < -0.4 is 0 Å². The number of aliphatic hydroxyl groups excluding tert-OH is 1. The quantitative estimate of drug-likeness (QED) is 0.685. The molecule has 20 heavy (non-hydrogen) atoms. The molecule has 0 aromatic rings. The van der Waals surface area contributed by atoms with Crippen molar-refractivity contribution in [2.24, 2.45) is 0 Å². The molecule has 2 heterocycles. The van der Waals surface area contributed by atoms with Gasteiger partial charge in [0.1, 0.15) is 17.8 Å². The van der Waals surface area contributed by atoms with Crippen molar-refractivity contribution in [1.29, 1.82) is 0 Å². The van der Waals surface area contributed by atoms with Crippen molar-refractivity contribution in [3.63, 3.8) is 0 Å². The standard InChI is InChI=1S/C14H23NO5/c1-8-7-15(12(17)20-13(2,3)4)11(16)10-9(8)18-14(5,6)19-10/h9-11,16H,1,7H2,2-6H3. The highest BCUT2D eigenvalue weighted by Gasteiger charge is 2.52. The summed E-state index contributed by atoms with van der Waals surface area (Å²) in [6.45, 7) is 13.0. The van der Waals surface area contributed by atoms with Crippen molar-refractivity contribution >= 4 is 6.09 Å². The molecule has 3 unspecified atom stereocenters. The minimum absolute atomic E-state index is 0.191. The lowest BCUT2D eigenvalue weighted by Gasteiger charge is -2.39. The fourth-order valence-electron chi connectivity index (χ4n) is 2.40. The SMILES string of the molecule is C=C1CN(C(=O)OC(C)(C)C)C(O)C2OC(C)(C)OC12. The number of hydrogen-bond donors (Lipinski definition) is 1. The summed E-state index contributed by atoms with van der Waals surface area (Å²) in [7, 11) is 0. The third-order valence-electron chi connectivity index (χ3n) is 3.15. The van der Waals surface area contributed by atoms with Gasteiger partial charge in [0.05, 0.1) is 0 Å². The molecule has 1 amide bonds. The molecule has 0 radical (unpaired) electrons. The summed E-state index contributed by atoms with van der Waals surface area (Å²) < 4.78 is 16.7. The summed E-state index contributed by atoms with van der Waals surface area (Å²) in [4.78, 5) is 13.3. The summed E-state index contributed by atoms with van der Waals surface area (Å²) in [5.41, 5.74) is 0.0677. The van der Waals surface area contributed by atoms with Gasteiger partial charge in [-0.3, -0.25) is 4.90 Å². The third-order valence-corrected chi connectivity index (χ3v) is 3.15. The van der Waals surface area contributed by atoms with E-state index in [1.165, 1.54) is 4.90 Å². The van der Waals surface area contributed by atoms with Crippen LogP contribution in [0.2, 0.25) is 0 Å². The smallest absolute Gasteiger partial charge is 0.412 e. The van der Waals surface area contributed by atoms with Gasteiger partial charge >= 0.3 is 6.09 Å². The molecule has 2 aliphatic rings. The lowest BCUT2D eigenvalue weighted by atomic mass is 9.99. The van der Waals surface area contributed by atoms with E-state index in [2.05, 4.69) is 6.58 Å². The number of carbonyl (C=O) groups is 1. The monoisotopic (exact) mass is 285 g/mol. The molecule has 2 fully saturated rings.